The summed E-state index contributed by atoms with van der Waals surface area (Å²) in [5.74, 6) is 0.440. The Morgan fingerprint density at radius 2 is 1.81 bits per heavy atom. The zero-order valence-corrected chi connectivity index (χ0v) is 14.5. The quantitative estimate of drug-likeness (QED) is 0.563. The number of benzene rings is 2. The number of imidazole rings is 1. The van der Waals surface area contributed by atoms with E-state index in [-0.39, 0.29) is 0 Å². The van der Waals surface area contributed by atoms with Gasteiger partial charge in [-0.3, -0.25) is 4.57 Å². The Hall–Kier alpha value is -3.41. The van der Waals surface area contributed by atoms with Gasteiger partial charge in [-0.2, -0.15) is 0 Å². The van der Waals surface area contributed by atoms with Crippen molar-refractivity contribution < 1.29 is 9.57 Å². The molecule has 6 nitrogen and oxygen atoms in total. The van der Waals surface area contributed by atoms with E-state index in [0.717, 1.165) is 11.2 Å². The predicted molar refractivity (Wildman–Crippen MR) is 99.1 cm³/mol. The summed E-state index contributed by atoms with van der Waals surface area (Å²) in [5.41, 5.74) is 11.1. The van der Waals surface area contributed by atoms with Crippen LogP contribution in [0.2, 0.25) is 0 Å². The van der Waals surface area contributed by atoms with E-state index in [1.165, 1.54) is 15.9 Å². The van der Waals surface area contributed by atoms with E-state index in [9.17, 15) is 0 Å². The molecule has 0 bridgehead atoms. The Kier molecular flexibility index (Phi) is 4.23. The van der Waals surface area contributed by atoms with Gasteiger partial charge in [0.15, 0.2) is 6.61 Å². The highest BCUT2D eigenvalue weighted by molar-refractivity contribution is 5.79. The number of hydrogen-bond donors (Lipinski definition) is 1. The summed E-state index contributed by atoms with van der Waals surface area (Å²) in [6.07, 6.45) is 3.35. The molecule has 6 heteroatoms. The molecule has 0 aliphatic heterocycles. The molecule has 4 aromatic rings. The van der Waals surface area contributed by atoms with E-state index in [4.69, 9.17) is 10.6 Å². The number of rotatable bonds is 5. The first-order valence-corrected chi connectivity index (χ1v) is 8.45. The molecule has 0 radical (unpaired) electrons. The van der Waals surface area contributed by atoms with Crippen molar-refractivity contribution in [3.05, 3.63) is 83.9 Å². The minimum atomic E-state index is 0.416. The molecule has 0 fully saturated rings. The van der Waals surface area contributed by atoms with Gasteiger partial charge in [0.1, 0.15) is 0 Å². The number of anilines is 1. The summed E-state index contributed by atoms with van der Waals surface area (Å²) in [4.78, 5) is 14.7. The van der Waals surface area contributed by atoms with Gasteiger partial charge in [0.25, 0.3) is 12.1 Å². The molecule has 0 saturated carbocycles. The minimum Gasteiger partial charge on any atom is -0.352 e. The van der Waals surface area contributed by atoms with Gasteiger partial charge in [-0.1, -0.05) is 64.3 Å². The van der Waals surface area contributed by atoms with Crippen molar-refractivity contribution in [2.24, 2.45) is 0 Å². The van der Waals surface area contributed by atoms with Crippen molar-refractivity contribution >= 4 is 17.0 Å². The molecule has 4 rings (SSSR count). The minimum absolute atomic E-state index is 0.416. The number of nitrogens with two attached hydrogens (primary N) is 1. The molecule has 0 saturated heterocycles. The Balaban J connectivity index is 1.59. The Morgan fingerprint density at radius 1 is 1.04 bits per heavy atom. The first kappa shape index (κ1) is 16.1. The molecule has 2 aromatic carbocycles. The second-order valence-corrected chi connectivity index (χ2v) is 6.19. The number of fused-ring (bicyclic) bond motifs is 1. The SMILES string of the molecule is Cc1ccccc1CO[n+]1cnc2c(ncn2Cc2ccccc2)c1N. The monoisotopic (exact) mass is 346 g/mol. The van der Waals surface area contributed by atoms with Crippen molar-refractivity contribution in [2.45, 2.75) is 20.1 Å². The van der Waals surface area contributed by atoms with E-state index in [1.807, 2.05) is 41.0 Å². The molecule has 130 valence electrons. The van der Waals surface area contributed by atoms with Gasteiger partial charge in [0.05, 0.1) is 12.9 Å². The van der Waals surface area contributed by atoms with Gasteiger partial charge < -0.3 is 10.6 Å². The van der Waals surface area contributed by atoms with Crippen molar-refractivity contribution in [3.8, 4) is 0 Å². The van der Waals surface area contributed by atoms with Crippen LogP contribution in [0.3, 0.4) is 0 Å². The second kappa shape index (κ2) is 6.84. The third kappa shape index (κ3) is 3.09. The smallest absolute Gasteiger partial charge is 0.289 e. The molecule has 0 unspecified atom stereocenters. The molecule has 0 amide bonds. The van der Waals surface area contributed by atoms with Crippen LogP contribution in [-0.4, -0.2) is 14.5 Å². The average Bonchev–Trinajstić information content (AvgIpc) is 3.07. The maximum atomic E-state index is 6.25. The van der Waals surface area contributed by atoms with Crippen LogP contribution in [0.5, 0.6) is 0 Å². The molecule has 26 heavy (non-hydrogen) atoms. The van der Waals surface area contributed by atoms with Crippen LogP contribution in [0, 0.1) is 6.92 Å². The van der Waals surface area contributed by atoms with E-state index in [2.05, 4.69) is 35.1 Å². The molecule has 0 aliphatic rings. The maximum Gasteiger partial charge on any atom is 0.289 e. The molecule has 2 N–H and O–H groups in total. The number of nitrogen functional groups attached to an aromatic ring is 1. The standard InChI is InChI=1S/C20H19N5O/c1-15-7-5-6-10-17(15)12-26-25-14-23-20-18(19(25)21)22-13-24(20)11-16-8-3-2-4-9-16/h2-10,13-14,21H,11-12H2,1H3/p+1. The number of nitrogens with zero attached hydrogens (tertiary/aromatic N) is 4. The highest BCUT2D eigenvalue weighted by Crippen LogP contribution is 2.15. The lowest BCUT2D eigenvalue weighted by Gasteiger charge is -2.08. The van der Waals surface area contributed by atoms with Crippen molar-refractivity contribution in [3.63, 3.8) is 0 Å². The predicted octanol–water partition coefficient (Wildman–Crippen LogP) is 2.29. The summed E-state index contributed by atoms with van der Waals surface area (Å²) in [6.45, 7) is 3.16. The van der Waals surface area contributed by atoms with Crippen LogP contribution in [0.1, 0.15) is 16.7 Å². The molecular weight excluding hydrogens is 326 g/mol. The number of aryl methyl sites for hydroxylation is 1. The van der Waals surface area contributed by atoms with Crippen LogP contribution < -0.4 is 15.3 Å². The first-order chi connectivity index (χ1) is 12.7. The van der Waals surface area contributed by atoms with Crippen molar-refractivity contribution in [2.75, 3.05) is 5.73 Å². The zero-order valence-electron chi connectivity index (χ0n) is 14.5. The number of hydrogen-bond acceptors (Lipinski definition) is 4. The first-order valence-electron chi connectivity index (χ1n) is 8.45. The van der Waals surface area contributed by atoms with E-state index < -0.39 is 0 Å². The lowest BCUT2D eigenvalue weighted by molar-refractivity contribution is -0.885. The fourth-order valence-electron chi connectivity index (χ4n) is 2.88. The third-order valence-electron chi connectivity index (χ3n) is 4.39. The van der Waals surface area contributed by atoms with Crippen molar-refractivity contribution in [1.82, 2.24) is 14.5 Å². The van der Waals surface area contributed by atoms with Gasteiger partial charge in [-0.15, -0.1) is 0 Å². The van der Waals surface area contributed by atoms with Crippen LogP contribution in [0.4, 0.5) is 5.82 Å². The summed E-state index contributed by atoms with van der Waals surface area (Å²) >= 11 is 0. The molecule has 0 atom stereocenters. The summed E-state index contributed by atoms with van der Waals surface area (Å²) < 4.78 is 3.46. The third-order valence-corrected chi connectivity index (χ3v) is 4.39. The van der Waals surface area contributed by atoms with Gasteiger partial charge in [0, 0.05) is 0 Å². The van der Waals surface area contributed by atoms with Crippen LogP contribution in [0.25, 0.3) is 11.2 Å². The van der Waals surface area contributed by atoms with E-state index >= 15 is 0 Å². The Labute approximate surface area is 151 Å². The zero-order chi connectivity index (χ0) is 17.9. The highest BCUT2D eigenvalue weighted by Gasteiger charge is 2.18. The van der Waals surface area contributed by atoms with E-state index in [1.54, 1.807) is 12.7 Å². The molecule has 2 aromatic heterocycles. The lowest BCUT2D eigenvalue weighted by Crippen LogP contribution is -2.45. The molecule has 0 aliphatic carbocycles. The van der Waals surface area contributed by atoms with Gasteiger partial charge in [-0.05, 0) is 23.6 Å². The highest BCUT2D eigenvalue weighted by atomic mass is 16.7. The summed E-state index contributed by atoms with van der Waals surface area (Å²) in [7, 11) is 0. The molecule has 2 heterocycles. The topological polar surface area (TPSA) is 69.8 Å². The maximum absolute atomic E-state index is 6.25. The van der Waals surface area contributed by atoms with Gasteiger partial charge in [0.2, 0.25) is 11.2 Å². The van der Waals surface area contributed by atoms with Crippen molar-refractivity contribution in [1.29, 1.82) is 0 Å². The van der Waals surface area contributed by atoms with Crippen LogP contribution >= 0.6 is 0 Å². The average molecular weight is 346 g/mol. The summed E-state index contributed by atoms with van der Waals surface area (Å²) in [6, 6.07) is 18.3. The Morgan fingerprint density at radius 3 is 2.62 bits per heavy atom. The second-order valence-electron chi connectivity index (χ2n) is 6.19. The molecule has 0 spiro atoms. The normalized spacial score (nSPS) is 11.0. The fraction of sp³-hybridized carbons (Fsp3) is 0.150. The molecular formula is C20H20N5O+. The fourth-order valence-corrected chi connectivity index (χ4v) is 2.88. The van der Waals surface area contributed by atoms with Crippen LogP contribution in [0.15, 0.2) is 67.3 Å². The van der Waals surface area contributed by atoms with Gasteiger partial charge in [-0.25, -0.2) is 4.98 Å². The van der Waals surface area contributed by atoms with Crippen LogP contribution in [-0.2, 0) is 13.2 Å². The number of aromatic nitrogens is 4. The largest absolute Gasteiger partial charge is 0.352 e. The van der Waals surface area contributed by atoms with Gasteiger partial charge >= 0.3 is 0 Å². The van der Waals surface area contributed by atoms with E-state index in [0.29, 0.717) is 24.5 Å². The lowest BCUT2D eigenvalue weighted by atomic mass is 10.1. The Bertz CT molecular complexity index is 1040. The summed E-state index contributed by atoms with van der Waals surface area (Å²) in [5, 5.41) is 0.